The summed E-state index contributed by atoms with van der Waals surface area (Å²) >= 11 is 5.98. The molecule has 23 heavy (non-hydrogen) atoms. The van der Waals surface area contributed by atoms with Gasteiger partial charge in [0.25, 0.3) is 0 Å². The molecule has 2 heterocycles. The van der Waals surface area contributed by atoms with Crippen molar-refractivity contribution in [2.45, 2.75) is 25.7 Å². The van der Waals surface area contributed by atoms with Gasteiger partial charge in [-0.2, -0.15) is 0 Å². The molecular formula is C16H18ClN3O3. The van der Waals surface area contributed by atoms with Crippen LogP contribution in [0.25, 0.3) is 11.0 Å². The molecule has 0 aliphatic carbocycles. The number of likely N-dealkylation sites (tertiary alicyclic amines) is 1. The summed E-state index contributed by atoms with van der Waals surface area (Å²) in [6, 6.07) is 2.97. The Kier molecular flexibility index (Phi) is 3.93. The van der Waals surface area contributed by atoms with Crippen molar-refractivity contribution in [1.82, 2.24) is 4.90 Å². The standard InChI is InChI=1S/C16H18ClN3O3/c1-8(21)20-4-2-9(3-5-20)13-7-12(22)10-6-11(17)14(18)15(19)16(10)23-13/h6-7,9H,2-5,18-19H2,1H3. The number of nitrogens with two attached hydrogens (primary N) is 2. The van der Waals surface area contributed by atoms with Crippen molar-refractivity contribution in [2.75, 3.05) is 24.6 Å². The average molecular weight is 336 g/mol. The Labute approximate surface area is 138 Å². The van der Waals surface area contributed by atoms with Crippen LogP contribution in [0.4, 0.5) is 11.4 Å². The lowest BCUT2D eigenvalue weighted by atomic mass is 9.93. The van der Waals surface area contributed by atoms with E-state index in [-0.39, 0.29) is 39.2 Å². The van der Waals surface area contributed by atoms with Crippen LogP contribution >= 0.6 is 11.6 Å². The van der Waals surface area contributed by atoms with Crippen LogP contribution in [0.2, 0.25) is 5.02 Å². The molecule has 4 N–H and O–H groups in total. The van der Waals surface area contributed by atoms with Crippen molar-refractivity contribution in [3.05, 3.63) is 33.1 Å². The first-order valence-electron chi connectivity index (χ1n) is 7.45. The summed E-state index contributed by atoms with van der Waals surface area (Å²) in [7, 11) is 0. The van der Waals surface area contributed by atoms with Crippen LogP contribution in [0.5, 0.6) is 0 Å². The van der Waals surface area contributed by atoms with Gasteiger partial charge in [-0.05, 0) is 18.9 Å². The Balaban J connectivity index is 2.01. The zero-order valence-corrected chi connectivity index (χ0v) is 13.5. The molecule has 0 spiro atoms. The van der Waals surface area contributed by atoms with Crippen LogP contribution in [-0.2, 0) is 4.79 Å². The van der Waals surface area contributed by atoms with E-state index < -0.39 is 0 Å². The molecule has 0 unspecified atom stereocenters. The zero-order chi connectivity index (χ0) is 16.7. The quantitative estimate of drug-likeness (QED) is 0.779. The van der Waals surface area contributed by atoms with E-state index in [4.69, 9.17) is 27.5 Å². The number of halogens is 1. The van der Waals surface area contributed by atoms with E-state index in [1.54, 1.807) is 11.8 Å². The number of anilines is 2. The lowest BCUT2D eigenvalue weighted by Crippen LogP contribution is -2.36. The van der Waals surface area contributed by atoms with Crippen LogP contribution in [0.15, 0.2) is 21.3 Å². The van der Waals surface area contributed by atoms with E-state index in [1.807, 2.05) is 0 Å². The molecular weight excluding hydrogens is 318 g/mol. The number of benzene rings is 1. The molecule has 1 aliphatic rings. The van der Waals surface area contributed by atoms with Crippen molar-refractivity contribution in [3.8, 4) is 0 Å². The molecule has 0 saturated carbocycles. The first-order valence-corrected chi connectivity index (χ1v) is 7.83. The van der Waals surface area contributed by atoms with Gasteiger partial charge in [0.15, 0.2) is 11.0 Å². The lowest BCUT2D eigenvalue weighted by molar-refractivity contribution is -0.129. The summed E-state index contributed by atoms with van der Waals surface area (Å²) < 4.78 is 5.88. The molecule has 1 fully saturated rings. The van der Waals surface area contributed by atoms with E-state index in [2.05, 4.69) is 0 Å². The molecule has 7 heteroatoms. The topological polar surface area (TPSA) is 103 Å². The Morgan fingerprint density at radius 3 is 2.52 bits per heavy atom. The van der Waals surface area contributed by atoms with Gasteiger partial charge < -0.3 is 20.8 Å². The van der Waals surface area contributed by atoms with Gasteiger partial charge in [0.2, 0.25) is 5.91 Å². The molecule has 1 aromatic carbocycles. The number of carbonyl (C=O) groups is 1. The first kappa shape index (κ1) is 15.7. The van der Waals surface area contributed by atoms with E-state index >= 15 is 0 Å². The van der Waals surface area contributed by atoms with Gasteiger partial charge in [0, 0.05) is 32.0 Å². The Bertz CT molecular complexity index is 839. The Hall–Kier alpha value is -2.21. The zero-order valence-electron chi connectivity index (χ0n) is 12.8. The summed E-state index contributed by atoms with van der Waals surface area (Å²) in [6.07, 6.45) is 1.49. The summed E-state index contributed by atoms with van der Waals surface area (Å²) in [5.41, 5.74) is 12.3. The van der Waals surface area contributed by atoms with Gasteiger partial charge in [-0.15, -0.1) is 0 Å². The smallest absolute Gasteiger partial charge is 0.219 e. The summed E-state index contributed by atoms with van der Waals surface area (Å²) in [4.78, 5) is 25.5. The van der Waals surface area contributed by atoms with Crippen molar-refractivity contribution >= 4 is 39.9 Å². The lowest BCUT2D eigenvalue weighted by Gasteiger charge is -2.30. The third kappa shape index (κ3) is 2.74. The van der Waals surface area contributed by atoms with Crippen molar-refractivity contribution in [3.63, 3.8) is 0 Å². The van der Waals surface area contributed by atoms with Gasteiger partial charge in [0.05, 0.1) is 16.1 Å². The monoisotopic (exact) mass is 335 g/mol. The minimum atomic E-state index is -0.191. The molecule has 0 atom stereocenters. The molecule has 6 nitrogen and oxygen atoms in total. The minimum Gasteiger partial charge on any atom is -0.458 e. The molecule has 1 aromatic heterocycles. The van der Waals surface area contributed by atoms with Crippen LogP contribution in [0.1, 0.15) is 31.4 Å². The Morgan fingerprint density at radius 1 is 1.26 bits per heavy atom. The van der Waals surface area contributed by atoms with Gasteiger partial charge in [-0.1, -0.05) is 11.6 Å². The predicted octanol–water partition coefficient (Wildman–Crippen LogP) is 2.34. The SMILES string of the molecule is CC(=O)N1CCC(c2cc(=O)c3cc(Cl)c(N)c(N)c3o2)CC1. The second-order valence-corrected chi connectivity index (χ2v) is 6.26. The number of nitrogens with zero attached hydrogens (tertiary/aromatic N) is 1. The highest BCUT2D eigenvalue weighted by molar-refractivity contribution is 6.35. The number of hydrogen-bond donors (Lipinski definition) is 2. The molecule has 2 aromatic rings. The second-order valence-electron chi connectivity index (χ2n) is 5.86. The molecule has 3 rings (SSSR count). The third-order valence-electron chi connectivity index (χ3n) is 4.41. The maximum absolute atomic E-state index is 12.4. The number of rotatable bonds is 1. The van der Waals surface area contributed by atoms with Crippen LogP contribution in [0.3, 0.4) is 0 Å². The first-order chi connectivity index (χ1) is 10.9. The second kappa shape index (κ2) is 5.77. The molecule has 0 bridgehead atoms. The van der Waals surface area contributed by atoms with Crippen molar-refractivity contribution in [2.24, 2.45) is 0 Å². The highest BCUT2D eigenvalue weighted by Crippen LogP contribution is 2.35. The summed E-state index contributed by atoms with van der Waals surface area (Å²) in [5, 5.41) is 0.566. The molecule has 1 amide bonds. The van der Waals surface area contributed by atoms with Gasteiger partial charge in [0.1, 0.15) is 11.4 Å². The van der Waals surface area contributed by atoms with Crippen LogP contribution < -0.4 is 16.9 Å². The minimum absolute atomic E-state index is 0.0649. The van der Waals surface area contributed by atoms with Gasteiger partial charge >= 0.3 is 0 Å². The van der Waals surface area contributed by atoms with Gasteiger partial charge in [-0.3, -0.25) is 9.59 Å². The number of fused-ring (bicyclic) bond motifs is 1. The molecule has 0 radical (unpaired) electrons. The number of hydrogen-bond acceptors (Lipinski definition) is 5. The van der Waals surface area contributed by atoms with E-state index in [1.165, 1.54) is 12.1 Å². The molecule has 1 saturated heterocycles. The largest absolute Gasteiger partial charge is 0.458 e. The molecule has 1 aliphatic heterocycles. The predicted molar refractivity (Wildman–Crippen MR) is 90.5 cm³/mol. The fraction of sp³-hybridized carbons (Fsp3) is 0.375. The van der Waals surface area contributed by atoms with Crippen molar-refractivity contribution < 1.29 is 9.21 Å². The fourth-order valence-corrected chi connectivity index (χ4v) is 3.20. The third-order valence-corrected chi connectivity index (χ3v) is 4.72. The Morgan fingerprint density at radius 2 is 1.91 bits per heavy atom. The summed E-state index contributed by atoms with van der Waals surface area (Å²) in [6.45, 7) is 2.86. The van der Waals surface area contributed by atoms with E-state index in [9.17, 15) is 9.59 Å². The number of amides is 1. The highest BCUT2D eigenvalue weighted by Gasteiger charge is 2.25. The van der Waals surface area contributed by atoms with E-state index in [0.717, 1.165) is 12.8 Å². The van der Waals surface area contributed by atoms with Crippen molar-refractivity contribution in [1.29, 1.82) is 0 Å². The maximum Gasteiger partial charge on any atom is 0.219 e. The number of nitrogen functional groups attached to an aromatic ring is 2. The molecule has 122 valence electrons. The maximum atomic E-state index is 12.4. The fourth-order valence-electron chi connectivity index (χ4n) is 2.99. The van der Waals surface area contributed by atoms with Crippen LogP contribution in [0, 0.1) is 0 Å². The average Bonchev–Trinajstić information content (AvgIpc) is 2.53. The summed E-state index contributed by atoms with van der Waals surface area (Å²) in [5.74, 6) is 0.730. The highest BCUT2D eigenvalue weighted by atomic mass is 35.5. The number of carbonyl (C=O) groups excluding carboxylic acids is 1. The van der Waals surface area contributed by atoms with Gasteiger partial charge in [-0.25, -0.2) is 0 Å². The normalized spacial score (nSPS) is 16.0. The van der Waals surface area contributed by atoms with Crippen LogP contribution in [-0.4, -0.2) is 23.9 Å². The number of piperidine rings is 1. The van der Waals surface area contributed by atoms with E-state index in [0.29, 0.717) is 24.2 Å².